The van der Waals surface area contributed by atoms with Gasteiger partial charge in [0.15, 0.2) is 0 Å². The Morgan fingerprint density at radius 1 is 1.32 bits per heavy atom. The van der Waals surface area contributed by atoms with Gasteiger partial charge in [-0.1, -0.05) is 26.0 Å². The van der Waals surface area contributed by atoms with E-state index in [2.05, 4.69) is 18.7 Å². The summed E-state index contributed by atoms with van der Waals surface area (Å²) in [5.74, 6) is 0.188. The van der Waals surface area contributed by atoms with Crippen molar-refractivity contribution in [3.05, 3.63) is 35.6 Å². The molecule has 1 fully saturated rings. The maximum Gasteiger partial charge on any atom is 0.224 e. The van der Waals surface area contributed by atoms with Gasteiger partial charge in [0.2, 0.25) is 5.91 Å². The minimum atomic E-state index is -0.263. The van der Waals surface area contributed by atoms with Gasteiger partial charge in [0.1, 0.15) is 5.82 Å². The molecule has 0 spiro atoms. The Balaban J connectivity index is 2.17. The van der Waals surface area contributed by atoms with Gasteiger partial charge in [0, 0.05) is 38.6 Å². The molecular weight excluding hydrogens is 283 g/mol. The van der Waals surface area contributed by atoms with E-state index in [0.717, 1.165) is 12.1 Å². The van der Waals surface area contributed by atoms with Crippen LogP contribution < -0.4 is 0 Å². The van der Waals surface area contributed by atoms with Gasteiger partial charge in [-0.2, -0.15) is 0 Å². The van der Waals surface area contributed by atoms with E-state index in [9.17, 15) is 9.18 Å². The van der Waals surface area contributed by atoms with Gasteiger partial charge >= 0.3 is 0 Å². The molecule has 1 amide bonds. The molecule has 0 saturated carbocycles. The molecular formula is C17H25FN2O2. The average molecular weight is 308 g/mol. The summed E-state index contributed by atoms with van der Waals surface area (Å²) in [6, 6.07) is 6.43. The van der Waals surface area contributed by atoms with E-state index >= 15 is 0 Å². The average Bonchev–Trinajstić information content (AvgIpc) is 2.63. The van der Waals surface area contributed by atoms with Crippen molar-refractivity contribution in [2.45, 2.75) is 32.9 Å². The number of halogens is 1. The van der Waals surface area contributed by atoms with Crippen LogP contribution >= 0.6 is 0 Å². The molecule has 22 heavy (non-hydrogen) atoms. The summed E-state index contributed by atoms with van der Waals surface area (Å²) in [6.45, 7) is 6.89. The highest BCUT2D eigenvalue weighted by atomic mass is 19.1. The molecule has 2 rings (SSSR count). The number of aliphatic hydroxyl groups excluding tert-OH is 1. The van der Waals surface area contributed by atoms with E-state index in [1.807, 2.05) is 4.90 Å². The lowest BCUT2D eigenvalue weighted by Crippen LogP contribution is -2.46. The van der Waals surface area contributed by atoms with Crippen LogP contribution in [0.5, 0.6) is 0 Å². The normalized spacial score (nSPS) is 20.5. The zero-order valence-electron chi connectivity index (χ0n) is 13.3. The first-order valence-corrected chi connectivity index (χ1v) is 7.88. The standard InChI is InChI=1S/C17H25FN2O2/c1-13(2)16-12-19(9-10-21)8-7-17(22)20(16)11-14-3-5-15(18)6-4-14/h3-6,13,16,21H,7-12H2,1-2H3/t16-/m1/s1. The Morgan fingerprint density at radius 3 is 2.59 bits per heavy atom. The SMILES string of the molecule is CC(C)[C@H]1CN(CCO)CCC(=O)N1Cc1ccc(F)cc1. The molecule has 0 radical (unpaired) electrons. The summed E-state index contributed by atoms with van der Waals surface area (Å²) in [6.07, 6.45) is 0.463. The van der Waals surface area contributed by atoms with E-state index in [1.165, 1.54) is 12.1 Å². The molecule has 1 aliphatic rings. The summed E-state index contributed by atoms with van der Waals surface area (Å²) in [7, 11) is 0. The lowest BCUT2D eigenvalue weighted by Gasteiger charge is -2.34. The van der Waals surface area contributed by atoms with E-state index in [-0.39, 0.29) is 24.4 Å². The van der Waals surface area contributed by atoms with Crippen molar-refractivity contribution in [1.82, 2.24) is 9.80 Å². The van der Waals surface area contributed by atoms with E-state index < -0.39 is 0 Å². The Kier molecular flexibility index (Phi) is 5.91. The topological polar surface area (TPSA) is 43.8 Å². The first kappa shape index (κ1) is 16.9. The van der Waals surface area contributed by atoms with Gasteiger partial charge in [0.25, 0.3) is 0 Å². The largest absolute Gasteiger partial charge is 0.395 e. The van der Waals surface area contributed by atoms with E-state index in [1.54, 1.807) is 12.1 Å². The molecule has 1 heterocycles. The summed E-state index contributed by atoms with van der Waals surface area (Å²) in [4.78, 5) is 16.6. The fourth-order valence-electron chi connectivity index (χ4n) is 2.94. The number of β-amino-alcohol motifs (C(OH)–C–C–N with tert-alkyl or cyclic N) is 1. The summed E-state index contributed by atoms with van der Waals surface area (Å²) in [5.41, 5.74) is 0.941. The fraction of sp³-hybridized carbons (Fsp3) is 0.588. The summed E-state index contributed by atoms with van der Waals surface area (Å²) in [5, 5.41) is 9.15. The van der Waals surface area contributed by atoms with Gasteiger partial charge in [-0.3, -0.25) is 9.69 Å². The van der Waals surface area contributed by atoms with Crippen LogP contribution in [0.25, 0.3) is 0 Å². The monoisotopic (exact) mass is 308 g/mol. The molecule has 122 valence electrons. The van der Waals surface area contributed by atoms with Crippen LogP contribution in [0.2, 0.25) is 0 Å². The highest BCUT2D eigenvalue weighted by Gasteiger charge is 2.31. The predicted molar refractivity (Wildman–Crippen MR) is 83.7 cm³/mol. The van der Waals surface area contributed by atoms with Crippen LogP contribution in [0.4, 0.5) is 4.39 Å². The van der Waals surface area contributed by atoms with Crippen molar-refractivity contribution < 1.29 is 14.3 Å². The molecule has 4 nitrogen and oxygen atoms in total. The number of hydrogen-bond acceptors (Lipinski definition) is 3. The number of benzene rings is 1. The van der Waals surface area contributed by atoms with Crippen LogP contribution in [0.3, 0.4) is 0 Å². The van der Waals surface area contributed by atoms with Gasteiger partial charge in [-0.05, 0) is 23.6 Å². The molecule has 0 aliphatic carbocycles. The number of hydrogen-bond donors (Lipinski definition) is 1. The number of rotatable bonds is 5. The van der Waals surface area contributed by atoms with E-state index in [0.29, 0.717) is 32.0 Å². The van der Waals surface area contributed by atoms with Crippen molar-refractivity contribution in [2.24, 2.45) is 5.92 Å². The van der Waals surface area contributed by atoms with Crippen LogP contribution in [-0.4, -0.2) is 53.1 Å². The number of carbonyl (C=O) groups is 1. The zero-order valence-corrected chi connectivity index (χ0v) is 13.3. The van der Waals surface area contributed by atoms with Crippen molar-refractivity contribution in [2.75, 3.05) is 26.2 Å². The highest BCUT2D eigenvalue weighted by molar-refractivity contribution is 5.77. The third-order valence-corrected chi connectivity index (χ3v) is 4.26. The number of amides is 1. The van der Waals surface area contributed by atoms with Crippen molar-refractivity contribution in [3.8, 4) is 0 Å². The molecule has 1 saturated heterocycles. The fourth-order valence-corrected chi connectivity index (χ4v) is 2.94. The molecule has 1 N–H and O–H groups in total. The maximum absolute atomic E-state index is 13.0. The lowest BCUT2D eigenvalue weighted by atomic mass is 10.0. The number of carbonyl (C=O) groups excluding carboxylic acids is 1. The Bertz CT molecular complexity index is 490. The third-order valence-electron chi connectivity index (χ3n) is 4.26. The minimum absolute atomic E-state index is 0.103. The van der Waals surface area contributed by atoms with Crippen LogP contribution in [0.15, 0.2) is 24.3 Å². The lowest BCUT2D eigenvalue weighted by molar-refractivity contribution is -0.134. The Hall–Kier alpha value is -1.46. The second-order valence-electron chi connectivity index (χ2n) is 6.23. The predicted octanol–water partition coefficient (Wildman–Crippen LogP) is 1.88. The number of nitrogens with zero attached hydrogens (tertiary/aromatic N) is 2. The quantitative estimate of drug-likeness (QED) is 0.903. The first-order chi connectivity index (χ1) is 10.5. The van der Waals surface area contributed by atoms with Crippen molar-refractivity contribution >= 4 is 5.91 Å². The zero-order chi connectivity index (χ0) is 16.1. The first-order valence-electron chi connectivity index (χ1n) is 7.88. The van der Waals surface area contributed by atoms with Gasteiger partial charge < -0.3 is 10.0 Å². The van der Waals surface area contributed by atoms with Crippen molar-refractivity contribution in [1.29, 1.82) is 0 Å². The molecule has 0 aromatic heterocycles. The van der Waals surface area contributed by atoms with Gasteiger partial charge in [0.05, 0.1) is 6.61 Å². The molecule has 1 aliphatic heterocycles. The third kappa shape index (κ3) is 4.27. The second kappa shape index (κ2) is 7.70. The second-order valence-corrected chi connectivity index (χ2v) is 6.23. The maximum atomic E-state index is 13.0. The van der Waals surface area contributed by atoms with Crippen LogP contribution in [-0.2, 0) is 11.3 Å². The molecule has 1 atom stereocenters. The van der Waals surface area contributed by atoms with Crippen molar-refractivity contribution in [3.63, 3.8) is 0 Å². The minimum Gasteiger partial charge on any atom is -0.395 e. The summed E-state index contributed by atoms with van der Waals surface area (Å²) < 4.78 is 13.0. The van der Waals surface area contributed by atoms with E-state index in [4.69, 9.17) is 5.11 Å². The number of aliphatic hydroxyl groups is 1. The molecule has 0 unspecified atom stereocenters. The Morgan fingerprint density at radius 2 is 2.00 bits per heavy atom. The smallest absolute Gasteiger partial charge is 0.224 e. The van der Waals surface area contributed by atoms with Crippen LogP contribution in [0.1, 0.15) is 25.8 Å². The molecule has 1 aromatic rings. The highest BCUT2D eigenvalue weighted by Crippen LogP contribution is 2.21. The molecule has 0 bridgehead atoms. The Labute approximate surface area is 131 Å². The molecule has 5 heteroatoms. The van der Waals surface area contributed by atoms with Gasteiger partial charge in [-0.25, -0.2) is 4.39 Å². The summed E-state index contributed by atoms with van der Waals surface area (Å²) >= 11 is 0. The van der Waals surface area contributed by atoms with Gasteiger partial charge in [-0.15, -0.1) is 0 Å². The molecule has 1 aromatic carbocycles. The van der Waals surface area contributed by atoms with Crippen LogP contribution in [0, 0.1) is 11.7 Å².